The Bertz CT molecular complexity index is 1250. The van der Waals surface area contributed by atoms with Crippen LogP contribution in [0.1, 0.15) is 49.4 Å². The van der Waals surface area contributed by atoms with Crippen molar-refractivity contribution in [1.29, 1.82) is 0 Å². The van der Waals surface area contributed by atoms with Crippen LogP contribution in [0.3, 0.4) is 0 Å². The van der Waals surface area contributed by atoms with Crippen LogP contribution in [0.4, 0.5) is 0 Å². The number of methoxy groups -OCH3 is 2. The molecule has 3 rings (SSSR count). The second-order valence-electron chi connectivity index (χ2n) is 9.98. The number of benzene rings is 3. The van der Waals surface area contributed by atoms with E-state index in [1.54, 1.807) is 38.5 Å². The summed E-state index contributed by atoms with van der Waals surface area (Å²) < 4.78 is 42.2. The van der Waals surface area contributed by atoms with Gasteiger partial charge in [0.05, 0.1) is 25.2 Å². The fraction of sp³-hybridized carbons (Fsp3) is 0.333. The molecule has 5 nitrogen and oxygen atoms in total. The van der Waals surface area contributed by atoms with Crippen LogP contribution < -0.4 is 9.47 Å². The number of hydrogen-bond acceptors (Lipinski definition) is 5. The lowest BCUT2D eigenvalue weighted by molar-refractivity contribution is 0.0854. The highest BCUT2D eigenvalue weighted by molar-refractivity contribution is 7.86. The molecule has 0 aliphatic rings. The minimum Gasteiger partial charge on any atom is -0.497 e. The number of hydrogen-bond donors (Lipinski definition) is 0. The molecule has 0 N–H and O–H groups in total. The lowest BCUT2D eigenvalue weighted by Gasteiger charge is -2.30. The van der Waals surface area contributed by atoms with E-state index in [2.05, 4.69) is 24.3 Å². The molecule has 0 radical (unpaired) electrons. The van der Waals surface area contributed by atoms with Gasteiger partial charge in [0.25, 0.3) is 10.1 Å². The molecule has 3 aromatic carbocycles. The molecule has 3 aromatic rings. The average molecular weight is 509 g/mol. The summed E-state index contributed by atoms with van der Waals surface area (Å²) >= 11 is 0. The van der Waals surface area contributed by atoms with Gasteiger partial charge in [-0.2, -0.15) is 8.42 Å². The molecule has 6 heteroatoms. The van der Waals surface area contributed by atoms with Crippen LogP contribution in [0, 0.1) is 12.3 Å². The molecule has 0 saturated heterocycles. The molecule has 0 spiro atoms. The summed E-state index contributed by atoms with van der Waals surface area (Å²) in [6.07, 6.45) is 4.90. The smallest absolute Gasteiger partial charge is 0.297 e. The first-order valence-corrected chi connectivity index (χ1v) is 13.4. The van der Waals surface area contributed by atoms with Gasteiger partial charge in [0.15, 0.2) is 0 Å². The van der Waals surface area contributed by atoms with Gasteiger partial charge < -0.3 is 9.47 Å². The Kier molecular flexibility index (Phi) is 8.98. The number of aryl methyl sites for hydroxylation is 2. The SMILES string of the molecule is COc1cc(/C=C/c2ccc(CCC(OS(=O)(=O)c3ccc(C)cc3)C(C)(C)C)cc2)cc(OC)c1. The summed E-state index contributed by atoms with van der Waals surface area (Å²) in [5.41, 5.74) is 3.84. The normalized spacial score (nSPS) is 13.1. The second-order valence-corrected chi connectivity index (χ2v) is 11.5. The molecular weight excluding hydrogens is 472 g/mol. The van der Waals surface area contributed by atoms with Gasteiger partial charge in [-0.15, -0.1) is 0 Å². The van der Waals surface area contributed by atoms with Crippen LogP contribution in [0.2, 0.25) is 0 Å². The molecule has 0 fully saturated rings. The molecule has 0 amide bonds. The lowest BCUT2D eigenvalue weighted by Crippen LogP contribution is -2.32. The Balaban J connectivity index is 1.67. The quantitative estimate of drug-likeness (QED) is 0.219. The van der Waals surface area contributed by atoms with Crippen molar-refractivity contribution in [2.45, 2.75) is 51.5 Å². The minimum atomic E-state index is -3.84. The van der Waals surface area contributed by atoms with Gasteiger partial charge in [-0.1, -0.05) is 74.9 Å². The minimum absolute atomic E-state index is 0.187. The Morgan fingerprint density at radius 3 is 1.89 bits per heavy atom. The molecule has 1 unspecified atom stereocenters. The molecule has 0 aliphatic carbocycles. The first-order valence-electron chi connectivity index (χ1n) is 12.0. The van der Waals surface area contributed by atoms with Gasteiger partial charge in [-0.05, 0) is 66.1 Å². The summed E-state index contributed by atoms with van der Waals surface area (Å²) in [6.45, 7) is 7.93. The fourth-order valence-electron chi connectivity index (χ4n) is 3.75. The molecular formula is C30H36O5S. The highest BCUT2D eigenvalue weighted by atomic mass is 32.2. The molecule has 0 heterocycles. The van der Waals surface area contributed by atoms with Crippen molar-refractivity contribution in [3.63, 3.8) is 0 Å². The highest BCUT2D eigenvalue weighted by Crippen LogP contribution is 2.30. The van der Waals surface area contributed by atoms with E-state index in [1.807, 2.05) is 58.0 Å². The van der Waals surface area contributed by atoms with E-state index in [4.69, 9.17) is 13.7 Å². The Morgan fingerprint density at radius 1 is 0.806 bits per heavy atom. The standard InChI is InChI=1S/C30H36O5S/c1-22-7-16-28(17-8-22)36(31,32)35-29(30(2,3)4)18-15-24-11-9-23(10-12-24)13-14-25-19-26(33-5)21-27(20-25)34-6/h7-14,16-17,19-21,29H,15,18H2,1-6H3/b14-13+. The van der Waals surface area contributed by atoms with E-state index in [0.717, 1.165) is 33.8 Å². The maximum Gasteiger partial charge on any atom is 0.297 e. The van der Waals surface area contributed by atoms with Gasteiger partial charge in [-0.25, -0.2) is 0 Å². The summed E-state index contributed by atoms with van der Waals surface area (Å²) in [4.78, 5) is 0.187. The zero-order valence-electron chi connectivity index (χ0n) is 21.9. The Labute approximate surface area is 215 Å². The van der Waals surface area contributed by atoms with E-state index >= 15 is 0 Å². The van der Waals surface area contributed by atoms with E-state index in [1.165, 1.54) is 0 Å². The molecule has 0 bridgehead atoms. The molecule has 36 heavy (non-hydrogen) atoms. The van der Waals surface area contributed by atoms with Crippen molar-refractivity contribution in [3.8, 4) is 11.5 Å². The van der Waals surface area contributed by atoms with Crippen LogP contribution in [0.15, 0.2) is 71.6 Å². The predicted molar refractivity (Wildman–Crippen MR) is 146 cm³/mol. The Hall–Kier alpha value is -3.09. The molecule has 192 valence electrons. The fourth-order valence-corrected chi connectivity index (χ4v) is 5.02. The third-order valence-corrected chi connectivity index (χ3v) is 7.37. The number of ether oxygens (including phenoxy) is 2. The van der Waals surface area contributed by atoms with Crippen molar-refractivity contribution in [2.75, 3.05) is 14.2 Å². The van der Waals surface area contributed by atoms with Crippen LogP contribution in [0.25, 0.3) is 12.2 Å². The largest absolute Gasteiger partial charge is 0.497 e. The Morgan fingerprint density at radius 2 is 1.36 bits per heavy atom. The first kappa shape index (κ1) is 27.5. The molecule has 0 saturated carbocycles. The summed E-state index contributed by atoms with van der Waals surface area (Å²) in [5, 5.41) is 0. The van der Waals surface area contributed by atoms with Crippen LogP contribution >= 0.6 is 0 Å². The van der Waals surface area contributed by atoms with Crippen molar-refractivity contribution in [2.24, 2.45) is 5.41 Å². The van der Waals surface area contributed by atoms with Gasteiger partial charge in [0.2, 0.25) is 0 Å². The van der Waals surface area contributed by atoms with Gasteiger partial charge in [-0.3, -0.25) is 4.18 Å². The van der Waals surface area contributed by atoms with Crippen molar-refractivity contribution in [3.05, 3.63) is 89.0 Å². The second kappa shape index (κ2) is 11.8. The van der Waals surface area contributed by atoms with E-state index in [-0.39, 0.29) is 10.3 Å². The summed E-state index contributed by atoms with van der Waals surface area (Å²) in [7, 11) is -0.575. The van der Waals surface area contributed by atoms with Crippen molar-refractivity contribution < 1.29 is 22.1 Å². The van der Waals surface area contributed by atoms with Crippen molar-refractivity contribution >= 4 is 22.3 Å². The zero-order valence-corrected chi connectivity index (χ0v) is 22.8. The molecule has 1 atom stereocenters. The molecule has 0 aromatic heterocycles. The lowest BCUT2D eigenvalue weighted by atomic mass is 9.86. The zero-order chi connectivity index (χ0) is 26.3. The van der Waals surface area contributed by atoms with Crippen molar-refractivity contribution in [1.82, 2.24) is 0 Å². The summed E-state index contributed by atoms with van der Waals surface area (Å²) in [6, 6.07) is 20.7. The van der Waals surface area contributed by atoms with Crippen LogP contribution in [0.5, 0.6) is 11.5 Å². The first-order chi connectivity index (χ1) is 17.0. The maximum atomic E-state index is 12.9. The van der Waals surface area contributed by atoms with Crippen LogP contribution in [-0.4, -0.2) is 28.7 Å². The average Bonchev–Trinajstić information content (AvgIpc) is 2.85. The summed E-state index contributed by atoms with van der Waals surface area (Å²) in [5.74, 6) is 1.48. The van der Waals surface area contributed by atoms with Gasteiger partial charge in [0, 0.05) is 6.07 Å². The van der Waals surface area contributed by atoms with E-state index in [9.17, 15) is 8.42 Å². The van der Waals surface area contributed by atoms with E-state index in [0.29, 0.717) is 12.8 Å². The number of rotatable bonds is 10. The topological polar surface area (TPSA) is 61.8 Å². The van der Waals surface area contributed by atoms with Crippen LogP contribution in [-0.2, 0) is 20.7 Å². The highest BCUT2D eigenvalue weighted by Gasteiger charge is 2.31. The molecule has 0 aliphatic heterocycles. The maximum absolute atomic E-state index is 12.9. The monoisotopic (exact) mass is 508 g/mol. The third kappa shape index (κ3) is 7.70. The van der Waals surface area contributed by atoms with E-state index < -0.39 is 16.2 Å². The van der Waals surface area contributed by atoms with Gasteiger partial charge >= 0.3 is 0 Å². The third-order valence-electron chi connectivity index (χ3n) is 6.04. The van der Waals surface area contributed by atoms with Gasteiger partial charge in [0.1, 0.15) is 11.5 Å². The predicted octanol–water partition coefficient (Wildman–Crippen LogP) is 6.94.